The number of benzene rings is 3. The first-order valence-corrected chi connectivity index (χ1v) is 8.22. The summed E-state index contributed by atoms with van der Waals surface area (Å²) in [5.74, 6) is -0.115. The monoisotopic (exact) mass is 306 g/mol. The van der Waals surface area contributed by atoms with E-state index in [9.17, 15) is 4.79 Å². The lowest BCUT2D eigenvalue weighted by Crippen LogP contribution is -2.04. The third kappa shape index (κ3) is 3.23. The van der Waals surface area contributed by atoms with Crippen molar-refractivity contribution in [1.29, 1.82) is 0 Å². The molecule has 0 aliphatic rings. The molecule has 0 bridgehead atoms. The van der Waals surface area contributed by atoms with Crippen molar-refractivity contribution < 1.29 is 4.79 Å². The maximum absolute atomic E-state index is 12.5. The van der Waals surface area contributed by atoms with Gasteiger partial charge in [0.1, 0.15) is 0 Å². The first-order valence-electron chi connectivity index (χ1n) is 7.40. The Bertz CT molecular complexity index is 805. The molecule has 1 nitrogen and oxygen atoms in total. The quantitative estimate of drug-likeness (QED) is 0.588. The van der Waals surface area contributed by atoms with Gasteiger partial charge >= 0.3 is 0 Å². The van der Waals surface area contributed by atoms with Gasteiger partial charge in [0.25, 0.3) is 0 Å². The molecular weight excluding hydrogens is 288 g/mol. The summed E-state index contributed by atoms with van der Waals surface area (Å²) in [5, 5.41) is 2.57. The highest BCUT2D eigenvalue weighted by molar-refractivity contribution is 8.13. The minimum atomic E-state index is -0.115. The van der Waals surface area contributed by atoms with Crippen LogP contribution in [0, 0.1) is 6.92 Å². The van der Waals surface area contributed by atoms with Gasteiger partial charge in [-0.2, -0.15) is 0 Å². The molecule has 0 aromatic heterocycles. The Morgan fingerprint density at radius 2 is 1.59 bits per heavy atom. The SMILES string of the molecule is Cc1ccc(SC(=O)C(C)c2ccc3ccccc3c2)cc1. The number of rotatable bonds is 3. The van der Waals surface area contributed by atoms with E-state index in [0.29, 0.717) is 0 Å². The van der Waals surface area contributed by atoms with Crippen molar-refractivity contribution in [2.45, 2.75) is 24.7 Å². The van der Waals surface area contributed by atoms with E-state index in [1.807, 2.05) is 50.2 Å². The predicted octanol–water partition coefficient (Wildman–Crippen LogP) is 5.57. The molecule has 110 valence electrons. The van der Waals surface area contributed by atoms with Gasteiger partial charge in [-0.25, -0.2) is 0 Å². The molecule has 22 heavy (non-hydrogen) atoms. The van der Waals surface area contributed by atoms with Crippen molar-refractivity contribution in [3.8, 4) is 0 Å². The smallest absolute Gasteiger partial charge is 0.200 e. The Balaban J connectivity index is 1.80. The molecular formula is C20H18OS. The van der Waals surface area contributed by atoms with Gasteiger partial charge in [-0.3, -0.25) is 4.79 Å². The molecule has 0 amide bonds. The van der Waals surface area contributed by atoms with Gasteiger partial charge in [0.05, 0.1) is 5.92 Å². The minimum absolute atomic E-state index is 0.115. The summed E-state index contributed by atoms with van der Waals surface area (Å²) in [5.41, 5.74) is 2.28. The third-order valence-corrected chi connectivity index (χ3v) is 4.93. The minimum Gasteiger partial charge on any atom is -0.286 e. The summed E-state index contributed by atoms with van der Waals surface area (Å²) in [6.45, 7) is 4.03. The van der Waals surface area contributed by atoms with Crippen molar-refractivity contribution in [2.75, 3.05) is 0 Å². The van der Waals surface area contributed by atoms with Crippen molar-refractivity contribution in [2.24, 2.45) is 0 Å². The van der Waals surface area contributed by atoms with E-state index in [-0.39, 0.29) is 11.0 Å². The molecule has 0 radical (unpaired) electrons. The number of aryl methyl sites for hydroxylation is 1. The number of fused-ring (bicyclic) bond motifs is 1. The second-order valence-corrected chi connectivity index (χ2v) is 6.64. The maximum Gasteiger partial charge on any atom is 0.200 e. The van der Waals surface area contributed by atoms with Crippen LogP contribution in [0.15, 0.2) is 71.6 Å². The van der Waals surface area contributed by atoms with Crippen LogP contribution in [-0.4, -0.2) is 5.12 Å². The fraction of sp³-hybridized carbons (Fsp3) is 0.150. The number of carbonyl (C=O) groups excluding carboxylic acids is 1. The van der Waals surface area contributed by atoms with E-state index in [1.165, 1.54) is 28.1 Å². The standard InChI is InChI=1S/C20H18OS/c1-14-7-11-19(12-8-14)22-20(21)15(2)17-10-9-16-5-3-4-6-18(16)13-17/h3-13,15H,1-2H3. The lowest BCUT2D eigenvalue weighted by atomic mass is 9.99. The van der Waals surface area contributed by atoms with E-state index in [1.54, 1.807) is 0 Å². The fourth-order valence-electron chi connectivity index (χ4n) is 2.42. The second-order valence-electron chi connectivity index (χ2n) is 5.56. The van der Waals surface area contributed by atoms with Gasteiger partial charge < -0.3 is 0 Å². The van der Waals surface area contributed by atoms with Crippen LogP contribution < -0.4 is 0 Å². The van der Waals surface area contributed by atoms with Crippen LogP contribution in [0.4, 0.5) is 0 Å². The summed E-state index contributed by atoms with van der Waals surface area (Å²) in [4.78, 5) is 13.5. The third-order valence-electron chi connectivity index (χ3n) is 3.87. The Labute approximate surface area is 135 Å². The molecule has 0 fully saturated rings. The van der Waals surface area contributed by atoms with Crippen molar-refractivity contribution in [3.63, 3.8) is 0 Å². The molecule has 0 aliphatic carbocycles. The molecule has 0 heterocycles. The van der Waals surface area contributed by atoms with Crippen LogP contribution in [0.2, 0.25) is 0 Å². The van der Waals surface area contributed by atoms with Crippen molar-refractivity contribution >= 4 is 27.6 Å². The predicted molar refractivity (Wildman–Crippen MR) is 94.4 cm³/mol. The molecule has 0 spiro atoms. The first-order chi connectivity index (χ1) is 10.6. The highest BCUT2D eigenvalue weighted by Gasteiger charge is 2.16. The molecule has 0 N–H and O–H groups in total. The van der Waals surface area contributed by atoms with E-state index < -0.39 is 0 Å². The van der Waals surface area contributed by atoms with Crippen LogP contribution in [0.1, 0.15) is 24.0 Å². The van der Waals surface area contributed by atoms with Gasteiger partial charge in [0, 0.05) is 4.90 Å². The molecule has 0 saturated carbocycles. The summed E-state index contributed by atoms with van der Waals surface area (Å²) >= 11 is 1.32. The zero-order valence-electron chi connectivity index (χ0n) is 12.7. The number of hydrogen-bond donors (Lipinski definition) is 0. The van der Waals surface area contributed by atoms with Crippen LogP contribution in [0.5, 0.6) is 0 Å². The normalized spacial score (nSPS) is 12.3. The summed E-state index contributed by atoms with van der Waals surface area (Å²) in [6, 6.07) is 22.6. The summed E-state index contributed by atoms with van der Waals surface area (Å²) in [6.07, 6.45) is 0. The first kappa shape index (κ1) is 14.9. The van der Waals surface area contributed by atoms with Gasteiger partial charge in [-0.1, -0.05) is 78.8 Å². The van der Waals surface area contributed by atoms with Crippen LogP contribution in [0.3, 0.4) is 0 Å². The fourth-order valence-corrected chi connectivity index (χ4v) is 3.24. The van der Waals surface area contributed by atoms with Gasteiger partial charge in [-0.15, -0.1) is 0 Å². The molecule has 0 aliphatic heterocycles. The Morgan fingerprint density at radius 3 is 2.32 bits per heavy atom. The highest BCUT2D eigenvalue weighted by atomic mass is 32.2. The van der Waals surface area contributed by atoms with Crippen molar-refractivity contribution in [3.05, 3.63) is 77.9 Å². The Kier molecular flexibility index (Phi) is 4.30. The number of hydrogen-bond acceptors (Lipinski definition) is 2. The van der Waals surface area contributed by atoms with E-state index in [2.05, 4.69) is 30.3 Å². The highest BCUT2D eigenvalue weighted by Crippen LogP contribution is 2.29. The average Bonchev–Trinajstić information content (AvgIpc) is 2.55. The van der Waals surface area contributed by atoms with Gasteiger partial charge in [-0.05, 0) is 35.4 Å². The molecule has 0 saturated heterocycles. The van der Waals surface area contributed by atoms with E-state index in [4.69, 9.17) is 0 Å². The zero-order valence-corrected chi connectivity index (χ0v) is 13.6. The zero-order chi connectivity index (χ0) is 15.5. The molecule has 1 unspecified atom stereocenters. The Morgan fingerprint density at radius 1 is 0.909 bits per heavy atom. The van der Waals surface area contributed by atoms with Crippen LogP contribution >= 0.6 is 11.8 Å². The second kappa shape index (κ2) is 6.37. The molecule has 3 aromatic carbocycles. The lowest BCUT2D eigenvalue weighted by molar-refractivity contribution is -0.111. The largest absolute Gasteiger partial charge is 0.286 e. The Hall–Kier alpha value is -2.06. The molecule has 3 aromatic rings. The van der Waals surface area contributed by atoms with Gasteiger partial charge in [0.2, 0.25) is 5.12 Å². The summed E-state index contributed by atoms with van der Waals surface area (Å²) in [7, 11) is 0. The van der Waals surface area contributed by atoms with Crippen LogP contribution in [0.25, 0.3) is 10.8 Å². The van der Waals surface area contributed by atoms with E-state index >= 15 is 0 Å². The molecule has 3 rings (SSSR count). The number of carbonyl (C=O) groups is 1. The van der Waals surface area contributed by atoms with E-state index in [0.717, 1.165) is 10.5 Å². The van der Waals surface area contributed by atoms with Crippen molar-refractivity contribution in [1.82, 2.24) is 0 Å². The van der Waals surface area contributed by atoms with Crippen LogP contribution in [-0.2, 0) is 4.79 Å². The lowest BCUT2D eigenvalue weighted by Gasteiger charge is -2.11. The van der Waals surface area contributed by atoms with Gasteiger partial charge in [0.15, 0.2) is 0 Å². The molecule has 1 atom stereocenters. The average molecular weight is 306 g/mol. The number of thioether (sulfide) groups is 1. The topological polar surface area (TPSA) is 17.1 Å². The molecule has 2 heteroatoms. The maximum atomic E-state index is 12.5. The summed E-state index contributed by atoms with van der Waals surface area (Å²) < 4.78 is 0.